The van der Waals surface area contributed by atoms with Crippen molar-refractivity contribution in [1.29, 1.82) is 0 Å². The summed E-state index contributed by atoms with van der Waals surface area (Å²) in [6.07, 6.45) is 2.91. The van der Waals surface area contributed by atoms with E-state index in [1.54, 1.807) is 0 Å². The average Bonchev–Trinajstić information content (AvgIpc) is 2.94. The Morgan fingerprint density at radius 2 is 2.04 bits per heavy atom. The van der Waals surface area contributed by atoms with Gasteiger partial charge in [0.25, 0.3) is 0 Å². The first kappa shape index (κ1) is 17.3. The number of nitrogens with one attached hydrogen (secondary N) is 2. The van der Waals surface area contributed by atoms with E-state index in [1.165, 1.54) is 5.52 Å². The third kappa shape index (κ3) is 4.98. The lowest BCUT2D eigenvalue weighted by atomic mass is 10.1. The predicted molar refractivity (Wildman–Crippen MR) is 97.8 cm³/mol. The van der Waals surface area contributed by atoms with E-state index in [2.05, 4.69) is 65.0 Å². The summed E-state index contributed by atoms with van der Waals surface area (Å²) in [4.78, 5) is 9.10. The number of fused-ring (bicyclic) bond motifs is 1. The van der Waals surface area contributed by atoms with Crippen molar-refractivity contribution in [2.75, 3.05) is 13.1 Å². The number of hydrogen-bond donors (Lipinski definition) is 2. The first-order chi connectivity index (χ1) is 11.1. The Morgan fingerprint density at radius 3 is 2.78 bits per heavy atom. The molecule has 1 aromatic carbocycles. The quantitative estimate of drug-likeness (QED) is 0.469. The number of benzene rings is 1. The molecule has 23 heavy (non-hydrogen) atoms. The molecule has 0 spiro atoms. The van der Waals surface area contributed by atoms with Crippen LogP contribution in [0.5, 0.6) is 0 Å². The van der Waals surface area contributed by atoms with Crippen molar-refractivity contribution >= 4 is 17.0 Å². The molecule has 2 N–H and O–H groups in total. The van der Waals surface area contributed by atoms with E-state index in [1.807, 2.05) is 18.5 Å². The molecule has 5 nitrogen and oxygen atoms in total. The van der Waals surface area contributed by atoms with Crippen molar-refractivity contribution in [1.82, 2.24) is 20.2 Å². The van der Waals surface area contributed by atoms with Crippen LogP contribution in [0.15, 0.2) is 35.6 Å². The van der Waals surface area contributed by atoms with Crippen molar-refractivity contribution in [2.24, 2.45) is 10.9 Å². The number of hydrogen-bond acceptors (Lipinski definition) is 2. The number of imidazole rings is 1. The fourth-order valence-electron chi connectivity index (χ4n) is 2.32. The number of aliphatic imine (C=N–C) groups is 1. The molecule has 126 valence electrons. The summed E-state index contributed by atoms with van der Waals surface area (Å²) in [6.45, 7) is 11.3. The minimum atomic E-state index is 0.408. The third-order valence-electron chi connectivity index (χ3n) is 4.06. The molecule has 0 bridgehead atoms. The van der Waals surface area contributed by atoms with Crippen molar-refractivity contribution < 1.29 is 0 Å². The predicted octanol–water partition coefficient (Wildman–Crippen LogP) is 3.03. The average molecular weight is 315 g/mol. The Kier molecular flexibility index (Phi) is 6.44. The monoisotopic (exact) mass is 315 g/mol. The Morgan fingerprint density at radius 1 is 1.26 bits per heavy atom. The zero-order valence-electron chi connectivity index (χ0n) is 14.7. The fraction of sp³-hybridized carbons (Fsp3) is 0.556. The van der Waals surface area contributed by atoms with E-state index in [-0.39, 0.29) is 0 Å². The lowest BCUT2D eigenvalue weighted by Gasteiger charge is -2.20. The number of aromatic nitrogens is 2. The largest absolute Gasteiger partial charge is 0.357 e. The van der Waals surface area contributed by atoms with Gasteiger partial charge in [-0.3, -0.25) is 4.99 Å². The van der Waals surface area contributed by atoms with Crippen molar-refractivity contribution in [3.05, 3.63) is 30.6 Å². The van der Waals surface area contributed by atoms with Gasteiger partial charge in [-0.15, -0.1) is 0 Å². The van der Waals surface area contributed by atoms with Gasteiger partial charge in [0.15, 0.2) is 5.96 Å². The second kappa shape index (κ2) is 8.56. The number of para-hydroxylation sites is 2. The van der Waals surface area contributed by atoms with Crippen LogP contribution in [0.1, 0.15) is 34.1 Å². The number of rotatable bonds is 7. The molecule has 1 atom stereocenters. The Balaban J connectivity index is 1.88. The smallest absolute Gasteiger partial charge is 0.191 e. The molecule has 0 fully saturated rings. The molecule has 1 unspecified atom stereocenters. The van der Waals surface area contributed by atoms with Gasteiger partial charge < -0.3 is 15.2 Å². The molecule has 0 aliphatic carbocycles. The van der Waals surface area contributed by atoms with Crippen LogP contribution < -0.4 is 10.6 Å². The molecule has 2 rings (SSSR count). The van der Waals surface area contributed by atoms with E-state index in [0.29, 0.717) is 12.0 Å². The third-order valence-corrected chi connectivity index (χ3v) is 4.06. The van der Waals surface area contributed by atoms with Crippen LogP contribution in [0.2, 0.25) is 0 Å². The molecule has 0 saturated heterocycles. The maximum absolute atomic E-state index is 4.68. The lowest BCUT2D eigenvalue weighted by Crippen LogP contribution is -2.44. The van der Waals surface area contributed by atoms with Gasteiger partial charge >= 0.3 is 0 Å². The topological polar surface area (TPSA) is 54.2 Å². The number of guanidine groups is 1. The van der Waals surface area contributed by atoms with Gasteiger partial charge in [-0.05, 0) is 38.3 Å². The van der Waals surface area contributed by atoms with Crippen molar-refractivity contribution in [3.63, 3.8) is 0 Å². The Hall–Kier alpha value is -2.04. The molecule has 0 saturated carbocycles. The van der Waals surface area contributed by atoms with Crippen LogP contribution in [0.4, 0.5) is 0 Å². The van der Waals surface area contributed by atoms with Crippen molar-refractivity contribution in [2.45, 2.75) is 46.7 Å². The first-order valence-electron chi connectivity index (χ1n) is 8.56. The normalized spacial score (nSPS) is 13.5. The maximum Gasteiger partial charge on any atom is 0.191 e. The molecule has 0 aliphatic heterocycles. The summed E-state index contributed by atoms with van der Waals surface area (Å²) >= 11 is 0. The first-order valence-corrected chi connectivity index (χ1v) is 8.56. The van der Waals surface area contributed by atoms with E-state index < -0.39 is 0 Å². The second-order valence-electron chi connectivity index (χ2n) is 6.22. The maximum atomic E-state index is 4.68. The van der Waals surface area contributed by atoms with Gasteiger partial charge in [-0.2, -0.15) is 0 Å². The van der Waals surface area contributed by atoms with E-state index in [9.17, 15) is 0 Å². The lowest BCUT2D eigenvalue weighted by molar-refractivity contribution is 0.480. The van der Waals surface area contributed by atoms with E-state index in [4.69, 9.17) is 0 Å². The highest BCUT2D eigenvalue weighted by molar-refractivity contribution is 5.80. The van der Waals surface area contributed by atoms with Gasteiger partial charge in [0.05, 0.1) is 17.4 Å². The zero-order chi connectivity index (χ0) is 16.7. The highest BCUT2D eigenvalue weighted by Crippen LogP contribution is 2.12. The van der Waals surface area contributed by atoms with Crippen LogP contribution in [0.3, 0.4) is 0 Å². The Bertz CT molecular complexity index is 629. The summed E-state index contributed by atoms with van der Waals surface area (Å²) < 4.78 is 2.20. The summed E-state index contributed by atoms with van der Waals surface area (Å²) in [5.41, 5.74) is 2.24. The summed E-state index contributed by atoms with van der Waals surface area (Å²) in [5.74, 6) is 1.49. The second-order valence-corrected chi connectivity index (χ2v) is 6.22. The molecule has 1 heterocycles. The SMILES string of the molecule is CCNC(=NCCCn1cnc2ccccc21)NC(C)C(C)C. The molecule has 0 amide bonds. The van der Waals surface area contributed by atoms with E-state index in [0.717, 1.165) is 37.5 Å². The zero-order valence-corrected chi connectivity index (χ0v) is 14.7. The van der Waals surface area contributed by atoms with Gasteiger partial charge in [-0.25, -0.2) is 4.98 Å². The highest BCUT2D eigenvalue weighted by atomic mass is 15.2. The van der Waals surface area contributed by atoms with E-state index >= 15 is 0 Å². The molecular weight excluding hydrogens is 286 g/mol. The van der Waals surface area contributed by atoms with Crippen LogP contribution in [-0.4, -0.2) is 34.6 Å². The van der Waals surface area contributed by atoms with Crippen LogP contribution in [-0.2, 0) is 6.54 Å². The fourth-order valence-corrected chi connectivity index (χ4v) is 2.32. The van der Waals surface area contributed by atoms with Crippen LogP contribution in [0, 0.1) is 5.92 Å². The van der Waals surface area contributed by atoms with Gasteiger partial charge in [0.1, 0.15) is 0 Å². The number of nitrogens with zero attached hydrogens (tertiary/aromatic N) is 3. The molecule has 2 aromatic rings. The highest BCUT2D eigenvalue weighted by Gasteiger charge is 2.08. The van der Waals surface area contributed by atoms with Crippen molar-refractivity contribution in [3.8, 4) is 0 Å². The minimum absolute atomic E-state index is 0.408. The minimum Gasteiger partial charge on any atom is -0.357 e. The van der Waals surface area contributed by atoms with Gasteiger partial charge in [-0.1, -0.05) is 26.0 Å². The molecule has 0 radical (unpaired) electrons. The molecule has 0 aliphatic rings. The van der Waals surface area contributed by atoms with Crippen LogP contribution >= 0.6 is 0 Å². The van der Waals surface area contributed by atoms with Gasteiger partial charge in [0, 0.05) is 25.7 Å². The summed E-state index contributed by atoms with van der Waals surface area (Å²) in [6, 6.07) is 8.64. The molecule has 5 heteroatoms. The Labute approximate surface area is 139 Å². The molecule has 1 aromatic heterocycles. The van der Waals surface area contributed by atoms with Gasteiger partial charge in [0.2, 0.25) is 0 Å². The number of aryl methyl sites for hydroxylation is 1. The summed E-state index contributed by atoms with van der Waals surface area (Å²) in [7, 11) is 0. The standard InChI is InChI=1S/C18H29N5/c1-5-19-18(22-15(4)14(2)3)20-11-8-12-23-13-21-16-9-6-7-10-17(16)23/h6-7,9-10,13-15H,5,8,11-12H2,1-4H3,(H2,19,20,22). The summed E-state index contributed by atoms with van der Waals surface area (Å²) in [5, 5.41) is 6.77. The van der Waals surface area contributed by atoms with Crippen LogP contribution in [0.25, 0.3) is 11.0 Å². The molecular formula is C18H29N5.